The lowest BCUT2D eigenvalue weighted by atomic mass is 9.94. The second-order valence-corrected chi connectivity index (χ2v) is 5.04. The molecule has 1 saturated heterocycles. The molecule has 2 nitrogen and oxygen atoms in total. The highest BCUT2D eigenvalue weighted by Crippen LogP contribution is 2.39. The summed E-state index contributed by atoms with van der Waals surface area (Å²) in [7, 11) is 2.22. The van der Waals surface area contributed by atoms with E-state index in [2.05, 4.69) is 42.3 Å². The first kappa shape index (κ1) is 10.3. The van der Waals surface area contributed by atoms with E-state index in [9.17, 15) is 0 Å². The third-order valence-corrected chi connectivity index (χ3v) is 3.83. The Bertz CT molecular complexity index is 351. The zero-order chi connectivity index (χ0) is 11.0. The van der Waals surface area contributed by atoms with Crippen LogP contribution < -0.4 is 0 Å². The van der Waals surface area contributed by atoms with E-state index in [1.807, 2.05) is 0 Å². The van der Waals surface area contributed by atoms with Gasteiger partial charge >= 0.3 is 0 Å². The van der Waals surface area contributed by atoms with Crippen LogP contribution in [0.4, 0.5) is 0 Å². The fraction of sp³-hybridized carbons (Fsp3) is 0.571. The molecule has 2 fully saturated rings. The van der Waals surface area contributed by atoms with Gasteiger partial charge in [0.15, 0.2) is 0 Å². The molecule has 1 aromatic carbocycles. The molecule has 0 spiro atoms. The van der Waals surface area contributed by atoms with Gasteiger partial charge in [0.2, 0.25) is 0 Å². The Hall–Kier alpha value is -0.860. The maximum absolute atomic E-state index is 5.71. The molecule has 1 saturated carbocycles. The average Bonchev–Trinajstić information content (AvgIpc) is 3.08. The van der Waals surface area contributed by atoms with E-state index in [-0.39, 0.29) is 0 Å². The first-order valence-electron chi connectivity index (χ1n) is 6.24. The number of likely N-dealkylation sites (N-methyl/N-ethyl adjacent to an activating group) is 1. The summed E-state index contributed by atoms with van der Waals surface area (Å²) in [6.07, 6.45) is 5.01. The summed E-state index contributed by atoms with van der Waals surface area (Å²) in [5.74, 6) is 0. The van der Waals surface area contributed by atoms with E-state index in [4.69, 9.17) is 4.74 Å². The van der Waals surface area contributed by atoms with Gasteiger partial charge < -0.3 is 4.74 Å². The van der Waals surface area contributed by atoms with Crippen molar-refractivity contribution in [1.82, 2.24) is 4.90 Å². The predicted octanol–water partition coefficient (Wildman–Crippen LogP) is 2.44. The zero-order valence-electron chi connectivity index (χ0n) is 9.80. The van der Waals surface area contributed by atoms with Gasteiger partial charge in [-0.1, -0.05) is 30.3 Å². The van der Waals surface area contributed by atoms with Gasteiger partial charge in [0, 0.05) is 12.6 Å². The van der Waals surface area contributed by atoms with Gasteiger partial charge in [-0.25, -0.2) is 0 Å². The highest BCUT2D eigenvalue weighted by atomic mass is 16.6. The SMILES string of the molecule is CN(Cc1ccccc1)[C@@H]1CCC[C@@H]2O[C@@H]21. The Morgan fingerprint density at radius 2 is 2.06 bits per heavy atom. The van der Waals surface area contributed by atoms with E-state index in [1.54, 1.807) is 0 Å². The van der Waals surface area contributed by atoms with Crippen LogP contribution in [0.25, 0.3) is 0 Å². The number of hydrogen-bond donors (Lipinski definition) is 0. The summed E-state index contributed by atoms with van der Waals surface area (Å²) in [4.78, 5) is 2.46. The average molecular weight is 217 g/mol. The van der Waals surface area contributed by atoms with Gasteiger partial charge in [0.25, 0.3) is 0 Å². The fourth-order valence-electron chi connectivity index (χ4n) is 2.88. The standard InChI is InChI=1S/C14H19NO/c1-15(10-11-6-3-2-4-7-11)12-8-5-9-13-14(12)16-13/h2-4,6-7,12-14H,5,8-10H2,1H3/t12-,13+,14-/m1/s1. The van der Waals surface area contributed by atoms with Gasteiger partial charge in [0.1, 0.15) is 0 Å². The van der Waals surface area contributed by atoms with Crippen LogP contribution in [0.5, 0.6) is 0 Å². The van der Waals surface area contributed by atoms with Crippen LogP contribution in [0.15, 0.2) is 30.3 Å². The lowest BCUT2D eigenvalue weighted by Gasteiger charge is -2.29. The molecule has 1 aromatic rings. The van der Waals surface area contributed by atoms with E-state index in [1.165, 1.54) is 24.8 Å². The Morgan fingerprint density at radius 3 is 2.88 bits per heavy atom. The van der Waals surface area contributed by atoms with E-state index < -0.39 is 0 Å². The first-order valence-corrected chi connectivity index (χ1v) is 6.24. The number of nitrogens with zero attached hydrogens (tertiary/aromatic N) is 1. The number of epoxide rings is 1. The summed E-state index contributed by atoms with van der Waals surface area (Å²) >= 11 is 0. The number of ether oxygens (including phenoxy) is 1. The van der Waals surface area contributed by atoms with Crippen molar-refractivity contribution >= 4 is 0 Å². The molecule has 1 aliphatic heterocycles. The third-order valence-electron chi connectivity index (χ3n) is 3.83. The van der Waals surface area contributed by atoms with Crippen molar-refractivity contribution in [2.24, 2.45) is 0 Å². The normalized spacial score (nSPS) is 32.5. The molecule has 3 rings (SSSR count). The van der Waals surface area contributed by atoms with E-state index in [0.29, 0.717) is 18.2 Å². The van der Waals surface area contributed by atoms with Crippen molar-refractivity contribution in [2.75, 3.05) is 7.05 Å². The maximum Gasteiger partial charge on any atom is 0.0996 e. The summed E-state index contributed by atoms with van der Waals surface area (Å²) in [6, 6.07) is 11.3. The van der Waals surface area contributed by atoms with Crippen LogP contribution >= 0.6 is 0 Å². The third kappa shape index (κ3) is 2.00. The molecule has 2 aliphatic rings. The second-order valence-electron chi connectivity index (χ2n) is 5.04. The summed E-state index contributed by atoms with van der Waals surface area (Å²) in [5, 5.41) is 0. The summed E-state index contributed by atoms with van der Waals surface area (Å²) < 4.78 is 5.71. The highest BCUT2D eigenvalue weighted by Gasteiger charge is 2.48. The van der Waals surface area contributed by atoms with E-state index in [0.717, 1.165) is 6.54 Å². The molecule has 3 atom stereocenters. The van der Waals surface area contributed by atoms with E-state index >= 15 is 0 Å². The van der Waals surface area contributed by atoms with Crippen LogP contribution in [0.1, 0.15) is 24.8 Å². The zero-order valence-corrected chi connectivity index (χ0v) is 9.80. The molecular formula is C14H19NO. The van der Waals surface area contributed by atoms with Crippen LogP contribution in [0.2, 0.25) is 0 Å². The molecular weight excluding hydrogens is 198 g/mol. The van der Waals surface area contributed by atoms with Crippen molar-refractivity contribution in [1.29, 1.82) is 0 Å². The number of hydrogen-bond acceptors (Lipinski definition) is 2. The minimum absolute atomic E-state index is 0.530. The van der Waals surface area contributed by atoms with Crippen molar-refractivity contribution in [2.45, 2.75) is 44.1 Å². The van der Waals surface area contributed by atoms with Crippen LogP contribution in [-0.2, 0) is 11.3 Å². The van der Waals surface area contributed by atoms with Crippen LogP contribution in [0.3, 0.4) is 0 Å². The molecule has 1 aliphatic carbocycles. The van der Waals surface area contributed by atoms with Crippen LogP contribution in [-0.4, -0.2) is 30.2 Å². The largest absolute Gasteiger partial charge is 0.368 e. The number of rotatable bonds is 3. The van der Waals surface area contributed by atoms with Crippen molar-refractivity contribution in [3.05, 3.63) is 35.9 Å². The second kappa shape index (κ2) is 4.19. The quantitative estimate of drug-likeness (QED) is 0.723. The smallest absolute Gasteiger partial charge is 0.0996 e. The van der Waals surface area contributed by atoms with Gasteiger partial charge in [-0.05, 0) is 31.9 Å². The fourth-order valence-corrected chi connectivity index (χ4v) is 2.88. The first-order chi connectivity index (χ1) is 7.84. The van der Waals surface area contributed by atoms with Crippen molar-refractivity contribution in [3.8, 4) is 0 Å². The molecule has 16 heavy (non-hydrogen) atoms. The summed E-state index contributed by atoms with van der Waals surface area (Å²) in [5.41, 5.74) is 1.40. The van der Waals surface area contributed by atoms with Gasteiger partial charge in [-0.15, -0.1) is 0 Å². The Morgan fingerprint density at radius 1 is 1.25 bits per heavy atom. The van der Waals surface area contributed by atoms with Crippen molar-refractivity contribution < 1.29 is 4.74 Å². The highest BCUT2D eigenvalue weighted by molar-refractivity contribution is 5.15. The van der Waals surface area contributed by atoms with Crippen LogP contribution in [0, 0.1) is 0 Å². The molecule has 0 radical (unpaired) electrons. The van der Waals surface area contributed by atoms with Gasteiger partial charge in [0.05, 0.1) is 12.2 Å². The number of fused-ring (bicyclic) bond motifs is 1. The number of benzene rings is 1. The lowest BCUT2D eigenvalue weighted by Crippen LogP contribution is -2.38. The van der Waals surface area contributed by atoms with Gasteiger partial charge in [-0.3, -0.25) is 4.90 Å². The molecule has 0 N–H and O–H groups in total. The molecule has 86 valence electrons. The lowest BCUT2D eigenvalue weighted by molar-refractivity contribution is 0.178. The summed E-state index contributed by atoms with van der Waals surface area (Å²) in [6.45, 7) is 1.04. The molecule has 0 amide bonds. The molecule has 0 unspecified atom stereocenters. The topological polar surface area (TPSA) is 15.8 Å². The van der Waals surface area contributed by atoms with Gasteiger partial charge in [-0.2, -0.15) is 0 Å². The molecule has 1 heterocycles. The minimum atomic E-state index is 0.530. The Labute approximate surface area is 97.2 Å². The Balaban J connectivity index is 1.62. The molecule has 2 heteroatoms. The monoisotopic (exact) mass is 217 g/mol. The Kier molecular flexibility index (Phi) is 2.70. The van der Waals surface area contributed by atoms with Crippen molar-refractivity contribution in [3.63, 3.8) is 0 Å². The molecule has 0 bridgehead atoms. The minimum Gasteiger partial charge on any atom is -0.368 e. The predicted molar refractivity (Wildman–Crippen MR) is 64.2 cm³/mol. The molecule has 0 aromatic heterocycles. The maximum atomic E-state index is 5.71.